The number of halogens is 2. The normalized spacial score (nSPS) is 10.2. The lowest BCUT2D eigenvalue weighted by atomic mass is 10.1. The summed E-state index contributed by atoms with van der Waals surface area (Å²) in [6.07, 6.45) is 0. The molecule has 3 N–H and O–H groups in total. The zero-order valence-electron chi connectivity index (χ0n) is 15.8. The predicted octanol–water partition coefficient (Wildman–Crippen LogP) is 5.68. The Labute approximate surface area is 189 Å². The summed E-state index contributed by atoms with van der Waals surface area (Å²) in [6, 6.07) is 18.9. The third kappa shape index (κ3) is 5.57. The molecule has 3 rings (SSSR count). The Hall–Kier alpha value is -2.93. The van der Waals surface area contributed by atoms with E-state index in [4.69, 9.17) is 35.4 Å². The van der Waals surface area contributed by atoms with E-state index in [1.807, 2.05) is 19.1 Å². The second-order valence-electron chi connectivity index (χ2n) is 6.38. The van der Waals surface area contributed by atoms with Crippen molar-refractivity contribution in [2.75, 3.05) is 10.6 Å². The molecule has 0 atom stereocenters. The van der Waals surface area contributed by atoms with Gasteiger partial charge in [-0.05, 0) is 73.2 Å². The topological polar surface area (TPSA) is 70.2 Å². The van der Waals surface area contributed by atoms with Crippen molar-refractivity contribution >= 4 is 63.7 Å². The van der Waals surface area contributed by atoms with Gasteiger partial charge in [-0.15, -0.1) is 0 Å². The predicted molar refractivity (Wildman–Crippen MR) is 126 cm³/mol. The van der Waals surface area contributed by atoms with Gasteiger partial charge in [0.1, 0.15) is 0 Å². The molecule has 30 heavy (non-hydrogen) atoms. The van der Waals surface area contributed by atoms with Gasteiger partial charge in [0.05, 0.1) is 10.6 Å². The maximum atomic E-state index is 12.3. The number of thiocarbonyl (C=S) groups is 1. The summed E-state index contributed by atoms with van der Waals surface area (Å²) >= 11 is 17.1. The minimum Gasteiger partial charge on any atom is -0.332 e. The molecule has 2 amide bonds. The first-order valence-corrected chi connectivity index (χ1v) is 10.0. The molecule has 0 spiro atoms. The van der Waals surface area contributed by atoms with Gasteiger partial charge < -0.3 is 10.6 Å². The lowest BCUT2D eigenvalue weighted by Crippen LogP contribution is -2.34. The summed E-state index contributed by atoms with van der Waals surface area (Å²) in [5.41, 5.74) is 3.01. The summed E-state index contributed by atoms with van der Waals surface area (Å²) in [5, 5.41) is 9.19. The van der Waals surface area contributed by atoms with Crippen LogP contribution < -0.4 is 16.0 Å². The molecule has 152 valence electrons. The SMILES string of the molecule is Cc1cc(NC(=S)NC(=O)c2ccc(Cl)cc2Cl)ccc1NC(=O)c1ccccc1. The third-order valence-electron chi connectivity index (χ3n) is 4.17. The van der Waals surface area contributed by atoms with Gasteiger partial charge in [-0.1, -0.05) is 41.4 Å². The van der Waals surface area contributed by atoms with Crippen LogP contribution in [0.15, 0.2) is 66.7 Å². The maximum absolute atomic E-state index is 12.3. The molecular weight excluding hydrogens is 441 g/mol. The lowest BCUT2D eigenvalue weighted by Gasteiger charge is -2.13. The summed E-state index contributed by atoms with van der Waals surface area (Å²) in [6.45, 7) is 1.86. The number of anilines is 2. The number of carbonyl (C=O) groups excluding carboxylic acids is 2. The Bertz CT molecular complexity index is 1120. The summed E-state index contributed by atoms with van der Waals surface area (Å²) in [7, 11) is 0. The lowest BCUT2D eigenvalue weighted by molar-refractivity contribution is 0.0976. The van der Waals surface area contributed by atoms with Crippen LogP contribution in [0, 0.1) is 6.92 Å². The molecule has 8 heteroatoms. The van der Waals surface area contributed by atoms with Crippen LogP contribution in [-0.4, -0.2) is 16.9 Å². The molecule has 0 bridgehead atoms. The zero-order valence-corrected chi connectivity index (χ0v) is 18.2. The number of hydrogen-bond acceptors (Lipinski definition) is 3. The van der Waals surface area contributed by atoms with Gasteiger partial charge >= 0.3 is 0 Å². The van der Waals surface area contributed by atoms with Gasteiger partial charge in [0, 0.05) is 22.0 Å². The van der Waals surface area contributed by atoms with Crippen LogP contribution in [0.3, 0.4) is 0 Å². The Kier molecular flexibility index (Phi) is 7.05. The number of aryl methyl sites for hydroxylation is 1. The Morgan fingerprint density at radius 3 is 2.27 bits per heavy atom. The van der Waals surface area contributed by atoms with E-state index in [9.17, 15) is 9.59 Å². The highest BCUT2D eigenvalue weighted by Crippen LogP contribution is 2.22. The fraction of sp³-hybridized carbons (Fsp3) is 0.0455. The van der Waals surface area contributed by atoms with E-state index in [-0.39, 0.29) is 21.6 Å². The first-order chi connectivity index (χ1) is 14.3. The van der Waals surface area contributed by atoms with Crippen molar-refractivity contribution < 1.29 is 9.59 Å². The van der Waals surface area contributed by atoms with Crippen LogP contribution >= 0.6 is 35.4 Å². The van der Waals surface area contributed by atoms with E-state index in [2.05, 4.69) is 16.0 Å². The molecule has 3 aromatic rings. The molecule has 0 saturated heterocycles. The molecule has 0 aliphatic rings. The van der Waals surface area contributed by atoms with Crippen molar-refractivity contribution in [3.05, 3.63) is 93.5 Å². The van der Waals surface area contributed by atoms with Gasteiger partial charge in [0.25, 0.3) is 11.8 Å². The highest BCUT2D eigenvalue weighted by molar-refractivity contribution is 7.80. The number of benzene rings is 3. The Balaban J connectivity index is 1.63. The number of hydrogen-bond donors (Lipinski definition) is 3. The average Bonchev–Trinajstić information content (AvgIpc) is 2.70. The average molecular weight is 458 g/mol. The van der Waals surface area contributed by atoms with Gasteiger partial charge in [-0.3, -0.25) is 14.9 Å². The van der Waals surface area contributed by atoms with E-state index in [1.54, 1.807) is 42.5 Å². The van der Waals surface area contributed by atoms with Crippen LogP contribution in [0.5, 0.6) is 0 Å². The van der Waals surface area contributed by atoms with Crippen LogP contribution in [0.1, 0.15) is 26.3 Å². The Morgan fingerprint density at radius 2 is 1.60 bits per heavy atom. The minimum atomic E-state index is -0.447. The minimum absolute atomic E-state index is 0.117. The van der Waals surface area contributed by atoms with Gasteiger partial charge in [0.15, 0.2) is 5.11 Å². The smallest absolute Gasteiger partial charge is 0.258 e. The van der Waals surface area contributed by atoms with E-state index in [1.165, 1.54) is 12.1 Å². The van der Waals surface area contributed by atoms with Crippen LogP contribution in [-0.2, 0) is 0 Å². The molecular formula is C22H17Cl2N3O2S. The monoisotopic (exact) mass is 457 g/mol. The van der Waals surface area contributed by atoms with Crippen molar-refractivity contribution in [2.24, 2.45) is 0 Å². The largest absolute Gasteiger partial charge is 0.332 e. The molecule has 0 fully saturated rings. The quantitative estimate of drug-likeness (QED) is 0.440. The highest BCUT2D eigenvalue weighted by Gasteiger charge is 2.13. The van der Waals surface area contributed by atoms with Crippen molar-refractivity contribution in [3.63, 3.8) is 0 Å². The number of amides is 2. The van der Waals surface area contributed by atoms with Crippen molar-refractivity contribution in [1.82, 2.24) is 5.32 Å². The summed E-state index contributed by atoms with van der Waals surface area (Å²) in [4.78, 5) is 24.7. The zero-order chi connectivity index (χ0) is 21.7. The number of rotatable bonds is 4. The molecule has 0 radical (unpaired) electrons. The maximum Gasteiger partial charge on any atom is 0.258 e. The number of carbonyl (C=O) groups is 2. The van der Waals surface area contributed by atoms with E-state index < -0.39 is 5.91 Å². The molecule has 0 heterocycles. The van der Waals surface area contributed by atoms with Gasteiger partial charge in [-0.2, -0.15) is 0 Å². The molecule has 0 aromatic heterocycles. The second kappa shape index (κ2) is 9.71. The molecule has 5 nitrogen and oxygen atoms in total. The first kappa shape index (κ1) is 21.8. The van der Waals surface area contributed by atoms with Crippen molar-refractivity contribution in [3.8, 4) is 0 Å². The van der Waals surface area contributed by atoms with Crippen LogP contribution in [0.25, 0.3) is 0 Å². The summed E-state index contributed by atoms with van der Waals surface area (Å²) < 4.78 is 0. The molecule has 0 unspecified atom stereocenters. The fourth-order valence-corrected chi connectivity index (χ4v) is 3.38. The van der Waals surface area contributed by atoms with E-state index >= 15 is 0 Å². The number of nitrogens with one attached hydrogen (secondary N) is 3. The first-order valence-electron chi connectivity index (χ1n) is 8.88. The van der Waals surface area contributed by atoms with Crippen LogP contribution in [0.4, 0.5) is 11.4 Å². The molecule has 3 aromatic carbocycles. The second-order valence-corrected chi connectivity index (χ2v) is 7.63. The van der Waals surface area contributed by atoms with Crippen LogP contribution in [0.2, 0.25) is 10.0 Å². The fourth-order valence-electron chi connectivity index (χ4n) is 2.67. The molecule has 0 saturated carbocycles. The standard InChI is InChI=1S/C22H17Cl2N3O2S/c1-13-11-16(8-10-19(13)26-20(28)14-5-3-2-4-6-14)25-22(30)27-21(29)17-9-7-15(23)12-18(17)24/h2-12H,1H3,(H,26,28)(H2,25,27,29,30). The third-order valence-corrected chi connectivity index (χ3v) is 4.92. The van der Waals surface area contributed by atoms with Crippen molar-refractivity contribution in [2.45, 2.75) is 6.92 Å². The van der Waals surface area contributed by atoms with Gasteiger partial charge in [-0.25, -0.2) is 0 Å². The highest BCUT2D eigenvalue weighted by atomic mass is 35.5. The van der Waals surface area contributed by atoms with E-state index in [0.29, 0.717) is 22.0 Å². The van der Waals surface area contributed by atoms with Crippen molar-refractivity contribution in [1.29, 1.82) is 0 Å². The van der Waals surface area contributed by atoms with Gasteiger partial charge in [0.2, 0.25) is 0 Å². The Morgan fingerprint density at radius 1 is 0.867 bits per heavy atom. The molecule has 0 aliphatic carbocycles. The summed E-state index contributed by atoms with van der Waals surface area (Å²) in [5.74, 6) is -0.639. The molecule has 0 aliphatic heterocycles. The van der Waals surface area contributed by atoms with E-state index in [0.717, 1.165) is 5.56 Å².